The summed E-state index contributed by atoms with van der Waals surface area (Å²) in [4.78, 5) is 12.2. The van der Waals surface area contributed by atoms with Gasteiger partial charge in [0.15, 0.2) is 11.5 Å². The van der Waals surface area contributed by atoms with Crippen LogP contribution in [0, 0.1) is 0 Å². The average Bonchev–Trinajstić information content (AvgIpc) is 2.92. The van der Waals surface area contributed by atoms with Crippen molar-refractivity contribution in [1.82, 2.24) is 5.32 Å². The van der Waals surface area contributed by atoms with Crippen molar-refractivity contribution in [3.05, 3.63) is 29.3 Å². The summed E-state index contributed by atoms with van der Waals surface area (Å²) in [5, 5.41) is 32.3. The normalized spacial score (nSPS) is 32.9. The highest BCUT2D eigenvalue weighted by molar-refractivity contribution is 6.05. The minimum absolute atomic E-state index is 0.0896. The highest BCUT2D eigenvalue weighted by Crippen LogP contribution is 2.41. The number of benzene rings is 1. The first-order chi connectivity index (χ1) is 10.1. The fraction of sp³-hybridized carbons (Fsp3) is 0.357. The molecule has 0 spiro atoms. The molecule has 7 heteroatoms. The standard InChI is InChI=1S/C14H13NO6/c16-8-1-6-5-2-9-10(21-4-20-9)3-7(5)14(19)15-11(6)13(18)12(8)17/h1-3,8,11-13,16-18H,4H2,(H,15,19)/t8-,11+,12?,13?/m0/s1. The van der Waals surface area contributed by atoms with Crippen LogP contribution in [-0.2, 0) is 0 Å². The Morgan fingerprint density at radius 2 is 1.71 bits per heavy atom. The molecular formula is C14H13NO6. The Morgan fingerprint density at radius 3 is 2.43 bits per heavy atom. The summed E-state index contributed by atoms with van der Waals surface area (Å²) >= 11 is 0. The van der Waals surface area contributed by atoms with Crippen molar-refractivity contribution in [2.24, 2.45) is 0 Å². The highest BCUT2D eigenvalue weighted by Gasteiger charge is 2.43. The maximum absolute atomic E-state index is 12.2. The van der Waals surface area contributed by atoms with Gasteiger partial charge in [0.1, 0.15) is 18.3 Å². The van der Waals surface area contributed by atoms with Gasteiger partial charge in [-0.25, -0.2) is 0 Å². The lowest BCUT2D eigenvalue weighted by atomic mass is 9.79. The molecule has 0 aromatic heterocycles. The molecule has 4 N–H and O–H groups in total. The summed E-state index contributed by atoms with van der Waals surface area (Å²) in [5.41, 5.74) is 1.52. The topological polar surface area (TPSA) is 108 Å². The van der Waals surface area contributed by atoms with Crippen LogP contribution in [0.25, 0.3) is 5.57 Å². The smallest absolute Gasteiger partial charge is 0.252 e. The lowest BCUT2D eigenvalue weighted by Crippen LogP contribution is -2.57. The first kappa shape index (κ1) is 12.6. The lowest BCUT2D eigenvalue weighted by Gasteiger charge is -2.39. The van der Waals surface area contributed by atoms with Crippen LogP contribution in [0.15, 0.2) is 18.2 Å². The molecule has 1 aliphatic carbocycles. The molecule has 4 atom stereocenters. The molecule has 0 bridgehead atoms. The van der Waals surface area contributed by atoms with Gasteiger partial charge in [0.25, 0.3) is 5.91 Å². The number of carbonyl (C=O) groups is 1. The van der Waals surface area contributed by atoms with E-state index in [1.54, 1.807) is 12.1 Å². The van der Waals surface area contributed by atoms with Crippen molar-refractivity contribution in [3.8, 4) is 11.5 Å². The number of aliphatic hydroxyl groups excluding tert-OH is 3. The molecule has 2 unspecified atom stereocenters. The number of fused-ring (bicyclic) bond motifs is 4. The molecule has 0 fully saturated rings. The highest BCUT2D eigenvalue weighted by atomic mass is 16.7. The van der Waals surface area contributed by atoms with Gasteiger partial charge in [-0.15, -0.1) is 0 Å². The molecule has 110 valence electrons. The van der Waals surface area contributed by atoms with E-state index < -0.39 is 24.4 Å². The largest absolute Gasteiger partial charge is 0.454 e. The van der Waals surface area contributed by atoms with Crippen LogP contribution in [0.3, 0.4) is 0 Å². The van der Waals surface area contributed by atoms with Crippen LogP contribution in [-0.4, -0.2) is 52.4 Å². The number of carbonyl (C=O) groups excluding carboxylic acids is 1. The molecule has 2 aliphatic heterocycles. The Balaban J connectivity index is 1.90. The van der Waals surface area contributed by atoms with Crippen LogP contribution in [0.1, 0.15) is 15.9 Å². The number of hydrogen-bond donors (Lipinski definition) is 4. The summed E-state index contributed by atoms with van der Waals surface area (Å²) in [6.45, 7) is 0.0896. The van der Waals surface area contributed by atoms with Crippen molar-refractivity contribution in [1.29, 1.82) is 0 Å². The van der Waals surface area contributed by atoms with Gasteiger partial charge in [-0.3, -0.25) is 4.79 Å². The molecule has 0 saturated heterocycles. The number of ether oxygens (including phenoxy) is 2. The minimum Gasteiger partial charge on any atom is -0.454 e. The molecule has 3 aliphatic rings. The Hall–Kier alpha value is -2.09. The predicted molar refractivity (Wildman–Crippen MR) is 69.8 cm³/mol. The van der Waals surface area contributed by atoms with Crippen LogP contribution in [0.5, 0.6) is 11.5 Å². The third-order valence-electron chi connectivity index (χ3n) is 4.08. The maximum Gasteiger partial charge on any atom is 0.252 e. The second-order valence-electron chi connectivity index (χ2n) is 5.30. The Bertz CT molecular complexity index is 670. The van der Waals surface area contributed by atoms with Crippen molar-refractivity contribution >= 4 is 11.5 Å². The third-order valence-corrected chi connectivity index (χ3v) is 4.08. The van der Waals surface area contributed by atoms with E-state index in [2.05, 4.69) is 5.32 Å². The number of rotatable bonds is 0. The summed E-state index contributed by atoms with van der Waals surface area (Å²) in [7, 11) is 0. The molecule has 0 saturated carbocycles. The van der Waals surface area contributed by atoms with Crippen LogP contribution in [0.2, 0.25) is 0 Å². The van der Waals surface area contributed by atoms with Gasteiger partial charge >= 0.3 is 0 Å². The zero-order chi connectivity index (χ0) is 14.7. The summed E-state index contributed by atoms with van der Waals surface area (Å²) in [5.74, 6) is 0.631. The summed E-state index contributed by atoms with van der Waals surface area (Å²) in [6, 6.07) is 2.48. The Kier molecular flexibility index (Phi) is 2.53. The third kappa shape index (κ3) is 1.68. The lowest BCUT2D eigenvalue weighted by molar-refractivity contribution is -0.0534. The quantitative estimate of drug-likeness (QED) is 0.489. The van der Waals surface area contributed by atoms with Crippen LogP contribution < -0.4 is 14.8 Å². The van der Waals surface area contributed by atoms with Crippen molar-refractivity contribution in [2.75, 3.05) is 6.79 Å². The zero-order valence-electron chi connectivity index (χ0n) is 10.8. The predicted octanol–water partition coefficient (Wildman–Crippen LogP) is -0.993. The Labute approximate surface area is 119 Å². The van der Waals surface area contributed by atoms with E-state index in [1.165, 1.54) is 6.08 Å². The number of hydrogen-bond acceptors (Lipinski definition) is 6. The van der Waals surface area contributed by atoms with Gasteiger partial charge in [-0.05, 0) is 29.3 Å². The van der Waals surface area contributed by atoms with E-state index in [4.69, 9.17) is 9.47 Å². The monoisotopic (exact) mass is 291 g/mol. The van der Waals surface area contributed by atoms with Crippen molar-refractivity contribution < 1.29 is 29.6 Å². The first-order valence-corrected chi connectivity index (χ1v) is 6.57. The molecule has 1 amide bonds. The van der Waals surface area contributed by atoms with Gasteiger partial charge < -0.3 is 30.1 Å². The van der Waals surface area contributed by atoms with E-state index in [1.807, 2.05) is 0 Å². The molecule has 2 heterocycles. The van der Waals surface area contributed by atoms with Gasteiger partial charge in [0.2, 0.25) is 6.79 Å². The Morgan fingerprint density at radius 1 is 1.05 bits per heavy atom. The SMILES string of the molecule is O=C1N[C@@H]2C(=C[C@H](O)C(O)C2O)c2cc3c(cc21)OCO3. The maximum atomic E-state index is 12.2. The molecule has 1 aromatic rings. The summed E-state index contributed by atoms with van der Waals surface area (Å²) < 4.78 is 10.5. The summed E-state index contributed by atoms with van der Waals surface area (Å²) in [6.07, 6.45) is -2.36. The van der Waals surface area contributed by atoms with Gasteiger partial charge in [0.05, 0.1) is 11.6 Å². The molecule has 1 aromatic carbocycles. The fourth-order valence-corrected chi connectivity index (χ4v) is 2.98. The van der Waals surface area contributed by atoms with E-state index in [0.29, 0.717) is 28.2 Å². The second-order valence-corrected chi connectivity index (χ2v) is 5.30. The zero-order valence-corrected chi connectivity index (χ0v) is 10.8. The van der Waals surface area contributed by atoms with E-state index in [-0.39, 0.29) is 12.7 Å². The fourth-order valence-electron chi connectivity index (χ4n) is 2.98. The molecule has 0 radical (unpaired) electrons. The van der Waals surface area contributed by atoms with E-state index >= 15 is 0 Å². The number of amides is 1. The van der Waals surface area contributed by atoms with Gasteiger partial charge in [-0.1, -0.05) is 0 Å². The second kappa shape index (κ2) is 4.20. The number of aliphatic hydroxyl groups is 3. The van der Waals surface area contributed by atoms with Crippen molar-refractivity contribution in [3.63, 3.8) is 0 Å². The van der Waals surface area contributed by atoms with Crippen molar-refractivity contribution in [2.45, 2.75) is 24.4 Å². The molecule has 4 rings (SSSR count). The average molecular weight is 291 g/mol. The van der Waals surface area contributed by atoms with Crippen LogP contribution >= 0.6 is 0 Å². The van der Waals surface area contributed by atoms with Gasteiger partial charge in [-0.2, -0.15) is 0 Å². The number of nitrogens with one attached hydrogen (secondary N) is 1. The van der Waals surface area contributed by atoms with Gasteiger partial charge in [0, 0.05) is 0 Å². The van der Waals surface area contributed by atoms with E-state index in [0.717, 1.165) is 0 Å². The minimum atomic E-state index is -1.34. The molecule has 21 heavy (non-hydrogen) atoms. The molecular weight excluding hydrogens is 278 g/mol. The first-order valence-electron chi connectivity index (χ1n) is 6.57. The van der Waals surface area contributed by atoms with Crippen LogP contribution in [0.4, 0.5) is 0 Å². The molecule has 7 nitrogen and oxygen atoms in total. The van der Waals surface area contributed by atoms with E-state index in [9.17, 15) is 20.1 Å².